The monoisotopic (exact) mass is 439 g/mol. The quantitative estimate of drug-likeness (QED) is 0.304. The van der Waals surface area contributed by atoms with E-state index < -0.39 is 5.60 Å². The van der Waals surface area contributed by atoms with Gasteiger partial charge in [0.05, 0.1) is 6.61 Å². The number of rotatable bonds is 11. The summed E-state index contributed by atoms with van der Waals surface area (Å²) in [6, 6.07) is 0. The third-order valence-electron chi connectivity index (χ3n) is 4.71. The van der Waals surface area contributed by atoms with Gasteiger partial charge in [-0.25, -0.2) is 4.79 Å². The second kappa shape index (κ2) is 20.4. The molecular formula is C27H53NO3. The van der Waals surface area contributed by atoms with Gasteiger partial charge >= 0.3 is 6.09 Å². The summed E-state index contributed by atoms with van der Waals surface area (Å²) in [5.41, 5.74) is 0.799. The normalized spacial score (nSPS) is 13.7. The van der Waals surface area contributed by atoms with E-state index in [4.69, 9.17) is 9.47 Å². The molecule has 0 saturated carbocycles. The molecule has 0 saturated heterocycles. The molecule has 1 amide bonds. The zero-order valence-corrected chi connectivity index (χ0v) is 22.8. The number of hydrogen-bond donors (Lipinski definition) is 0. The first-order valence-corrected chi connectivity index (χ1v) is 12.1. The number of carbonyl (C=O) groups is 1. The van der Waals surface area contributed by atoms with E-state index in [1.807, 2.05) is 74.5 Å². The maximum atomic E-state index is 12.4. The van der Waals surface area contributed by atoms with Gasteiger partial charge in [-0.15, -0.1) is 0 Å². The number of methoxy groups -OCH3 is 1. The fourth-order valence-corrected chi connectivity index (χ4v) is 2.98. The molecule has 0 aromatic rings. The van der Waals surface area contributed by atoms with Crippen molar-refractivity contribution in [2.75, 3.05) is 26.8 Å². The second-order valence-electron chi connectivity index (χ2n) is 8.02. The Labute approximate surface area is 194 Å². The van der Waals surface area contributed by atoms with Gasteiger partial charge in [0.25, 0.3) is 0 Å². The van der Waals surface area contributed by atoms with Crippen LogP contribution in [0.15, 0.2) is 36.0 Å². The van der Waals surface area contributed by atoms with Crippen molar-refractivity contribution in [3.8, 4) is 0 Å². The minimum absolute atomic E-state index is 0.00764. The lowest BCUT2D eigenvalue weighted by Gasteiger charge is -2.35. The van der Waals surface area contributed by atoms with Gasteiger partial charge in [-0.3, -0.25) is 0 Å². The van der Waals surface area contributed by atoms with Crippen molar-refractivity contribution in [1.82, 2.24) is 4.90 Å². The van der Waals surface area contributed by atoms with Gasteiger partial charge < -0.3 is 14.4 Å². The zero-order chi connectivity index (χ0) is 24.9. The Hall–Kier alpha value is -1.55. The molecule has 1 unspecified atom stereocenters. The lowest BCUT2D eigenvalue weighted by molar-refractivity contribution is 0.0179. The van der Waals surface area contributed by atoms with Crippen molar-refractivity contribution in [1.29, 1.82) is 0 Å². The van der Waals surface area contributed by atoms with Crippen molar-refractivity contribution < 1.29 is 14.3 Å². The van der Waals surface area contributed by atoms with Gasteiger partial charge in [-0.2, -0.15) is 0 Å². The Bertz CT molecular complexity index is 515. The summed E-state index contributed by atoms with van der Waals surface area (Å²) in [5, 5.41) is 0. The molecular weight excluding hydrogens is 386 g/mol. The van der Waals surface area contributed by atoms with Crippen LogP contribution in [0.1, 0.15) is 95.4 Å². The average Bonchev–Trinajstić information content (AvgIpc) is 2.75. The summed E-state index contributed by atoms with van der Waals surface area (Å²) in [4.78, 5) is 14.2. The molecule has 0 radical (unpaired) electrons. The van der Waals surface area contributed by atoms with Crippen molar-refractivity contribution in [2.24, 2.45) is 5.41 Å². The van der Waals surface area contributed by atoms with Crippen LogP contribution in [0.3, 0.4) is 0 Å². The molecule has 0 aliphatic rings. The minimum atomic E-state index is -0.478. The first-order valence-electron chi connectivity index (χ1n) is 12.1. The van der Waals surface area contributed by atoms with Crippen LogP contribution in [0, 0.1) is 5.41 Å². The Morgan fingerprint density at radius 2 is 1.58 bits per heavy atom. The largest absolute Gasteiger partial charge is 0.444 e. The third-order valence-corrected chi connectivity index (χ3v) is 4.71. The van der Waals surface area contributed by atoms with Crippen molar-refractivity contribution >= 4 is 6.09 Å². The Morgan fingerprint density at radius 1 is 1.00 bits per heavy atom. The van der Waals surface area contributed by atoms with Gasteiger partial charge in [-0.1, -0.05) is 70.6 Å². The van der Waals surface area contributed by atoms with Crippen molar-refractivity contribution in [3.63, 3.8) is 0 Å². The lowest BCUT2D eigenvalue weighted by atomic mass is 9.76. The Balaban J connectivity index is -0.00000184. The molecule has 0 heterocycles. The summed E-state index contributed by atoms with van der Waals surface area (Å²) in [7, 11) is 1.75. The molecule has 0 spiro atoms. The van der Waals surface area contributed by atoms with E-state index in [0.29, 0.717) is 19.7 Å². The highest BCUT2D eigenvalue weighted by molar-refractivity contribution is 5.68. The summed E-state index contributed by atoms with van der Waals surface area (Å²) in [5.74, 6) is 0. The van der Waals surface area contributed by atoms with Gasteiger partial charge in [0.2, 0.25) is 0 Å². The standard InChI is InChI=1S/C23H41NO3.2C2H6/c1-9-13-14-15-20(10-2)18-23(11-3,19-26-8)16-17-24(12-4)21(25)27-22(5,6)7;2*1-2/h9-10,13-15H,11-12,16-19H2,1-8H3;2*1-2H3/b13-9-,15-14-,20-10+;;. The lowest BCUT2D eigenvalue weighted by Crippen LogP contribution is -2.40. The fourth-order valence-electron chi connectivity index (χ4n) is 2.98. The number of ether oxygens (including phenoxy) is 2. The number of nitrogens with zero attached hydrogens (tertiary/aromatic N) is 1. The molecule has 0 aliphatic heterocycles. The number of amides is 1. The molecule has 31 heavy (non-hydrogen) atoms. The van der Waals surface area contributed by atoms with Crippen LogP contribution in [-0.2, 0) is 9.47 Å². The predicted molar refractivity (Wildman–Crippen MR) is 138 cm³/mol. The molecule has 0 aromatic heterocycles. The Kier molecular flexibility index (Phi) is 22.4. The van der Waals surface area contributed by atoms with E-state index in [2.05, 4.69) is 32.1 Å². The highest BCUT2D eigenvalue weighted by atomic mass is 16.6. The summed E-state index contributed by atoms with van der Waals surface area (Å²) in [6.07, 6.45) is 13.0. The average molecular weight is 440 g/mol. The molecule has 4 nitrogen and oxygen atoms in total. The van der Waals surface area contributed by atoms with Gasteiger partial charge in [0.15, 0.2) is 0 Å². The molecule has 184 valence electrons. The fraction of sp³-hybridized carbons (Fsp3) is 0.741. The first-order chi connectivity index (χ1) is 14.7. The molecule has 0 bridgehead atoms. The molecule has 0 aliphatic carbocycles. The van der Waals surface area contributed by atoms with E-state index in [1.54, 1.807) is 12.0 Å². The molecule has 0 aromatic carbocycles. The maximum Gasteiger partial charge on any atom is 0.410 e. The van der Waals surface area contributed by atoms with Crippen molar-refractivity contribution in [3.05, 3.63) is 36.0 Å². The van der Waals surface area contributed by atoms with E-state index in [9.17, 15) is 4.79 Å². The topological polar surface area (TPSA) is 38.8 Å². The molecule has 0 fully saturated rings. The smallest absolute Gasteiger partial charge is 0.410 e. The zero-order valence-electron chi connectivity index (χ0n) is 22.8. The van der Waals surface area contributed by atoms with Crippen LogP contribution in [0.25, 0.3) is 0 Å². The van der Waals surface area contributed by atoms with Gasteiger partial charge in [-0.05, 0) is 66.2 Å². The maximum absolute atomic E-state index is 12.4. The summed E-state index contributed by atoms with van der Waals surface area (Å²) < 4.78 is 11.1. The van der Waals surface area contributed by atoms with E-state index in [-0.39, 0.29) is 11.5 Å². The summed E-state index contributed by atoms with van der Waals surface area (Å²) >= 11 is 0. The molecule has 4 heteroatoms. The van der Waals surface area contributed by atoms with Gasteiger partial charge in [0.1, 0.15) is 5.60 Å². The molecule has 0 N–H and O–H groups in total. The minimum Gasteiger partial charge on any atom is -0.444 e. The SMILES string of the molecule is CC.CC.C\C=C/C=C\C(=C/C)CC(CC)(CCN(CC)C(=O)OC(C)(C)C)COC. The highest BCUT2D eigenvalue weighted by Crippen LogP contribution is 2.35. The summed E-state index contributed by atoms with van der Waals surface area (Å²) in [6.45, 7) is 23.9. The van der Waals surface area contributed by atoms with E-state index in [0.717, 1.165) is 19.3 Å². The number of allylic oxidation sites excluding steroid dienone is 6. The van der Waals surface area contributed by atoms with Crippen molar-refractivity contribution in [2.45, 2.75) is 101 Å². The van der Waals surface area contributed by atoms with Crippen LogP contribution in [0.5, 0.6) is 0 Å². The van der Waals surface area contributed by atoms with Crippen LogP contribution in [0.2, 0.25) is 0 Å². The van der Waals surface area contributed by atoms with E-state index >= 15 is 0 Å². The third kappa shape index (κ3) is 16.8. The van der Waals surface area contributed by atoms with Crippen LogP contribution in [0.4, 0.5) is 4.79 Å². The molecule has 0 rings (SSSR count). The Morgan fingerprint density at radius 3 is 1.97 bits per heavy atom. The number of carbonyl (C=O) groups excluding carboxylic acids is 1. The van der Waals surface area contributed by atoms with Crippen LogP contribution in [-0.4, -0.2) is 43.4 Å². The number of hydrogen-bond acceptors (Lipinski definition) is 3. The first kappa shape index (κ1) is 34.1. The van der Waals surface area contributed by atoms with Gasteiger partial charge in [0, 0.05) is 20.2 Å². The second-order valence-corrected chi connectivity index (χ2v) is 8.02. The van der Waals surface area contributed by atoms with Crippen LogP contribution < -0.4 is 0 Å². The predicted octanol–water partition coefficient (Wildman–Crippen LogP) is 8.20. The molecule has 1 atom stereocenters. The van der Waals surface area contributed by atoms with E-state index in [1.165, 1.54) is 5.57 Å². The van der Waals surface area contributed by atoms with Crippen LogP contribution >= 0.6 is 0 Å². The highest BCUT2D eigenvalue weighted by Gasteiger charge is 2.31.